The molecule has 26 heavy (non-hydrogen) atoms. The Balaban J connectivity index is 1.56. The maximum absolute atomic E-state index is 12.5. The summed E-state index contributed by atoms with van der Waals surface area (Å²) in [5.74, 6) is 0.593. The van der Waals surface area contributed by atoms with Crippen LogP contribution < -0.4 is 5.32 Å². The van der Waals surface area contributed by atoms with Gasteiger partial charge in [-0.3, -0.25) is 9.78 Å². The molecule has 0 radical (unpaired) electrons. The second-order valence-corrected chi connectivity index (χ2v) is 7.13. The lowest BCUT2D eigenvalue weighted by Gasteiger charge is -2.33. The van der Waals surface area contributed by atoms with Crippen molar-refractivity contribution in [2.45, 2.75) is 38.6 Å². The van der Waals surface area contributed by atoms with E-state index >= 15 is 0 Å². The second kappa shape index (κ2) is 8.65. The maximum atomic E-state index is 12.5. The van der Waals surface area contributed by atoms with Crippen LogP contribution in [0.1, 0.15) is 43.9 Å². The Kier molecular flexibility index (Phi) is 6.05. The van der Waals surface area contributed by atoms with E-state index in [9.17, 15) is 4.79 Å². The minimum absolute atomic E-state index is 0.0531. The zero-order valence-corrected chi connectivity index (χ0v) is 15.6. The van der Waals surface area contributed by atoms with Gasteiger partial charge in [0.1, 0.15) is 0 Å². The topological polar surface area (TPSA) is 45.2 Å². The second-order valence-electron chi connectivity index (χ2n) is 7.13. The predicted molar refractivity (Wildman–Crippen MR) is 107 cm³/mol. The van der Waals surface area contributed by atoms with Crippen LogP contribution in [0.25, 0.3) is 6.08 Å². The Morgan fingerprint density at radius 1 is 1.23 bits per heavy atom. The van der Waals surface area contributed by atoms with E-state index in [2.05, 4.69) is 48.4 Å². The van der Waals surface area contributed by atoms with E-state index in [1.165, 1.54) is 5.56 Å². The fourth-order valence-corrected chi connectivity index (χ4v) is 3.23. The Morgan fingerprint density at radius 3 is 2.73 bits per heavy atom. The molecule has 0 aliphatic carbocycles. The SMILES string of the molecule is CC(C)c1ccc(NC2CCCN(C(=O)C=Cc3ccccn3)C2)cc1. The zero-order valence-electron chi connectivity index (χ0n) is 15.6. The molecule has 2 heterocycles. The highest BCUT2D eigenvalue weighted by Gasteiger charge is 2.22. The summed E-state index contributed by atoms with van der Waals surface area (Å²) >= 11 is 0. The number of nitrogens with zero attached hydrogens (tertiary/aromatic N) is 2. The Labute approximate surface area is 155 Å². The molecule has 1 aliphatic heterocycles. The van der Waals surface area contributed by atoms with Crippen LogP contribution in [0.15, 0.2) is 54.7 Å². The Morgan fingerprint density at radius 2 is 2.04 bits per heavy atom. The van der Waals surface area contributed by atoms with Crippen LogP contribution in [-0.4, -0.2) is 34.9 Å². The standard InChI is InChI=1S/C22H27N3O/c1-17(2)18-8-10-20(11-9-18)24-21-7-5-15-25(16-21)22(26)13-12-19-6-3-4-14-23-19/h3-4,6,8-14,17,21,24H,5,7,15-16H2,1-2H3. The molecule has 1 N–H and O–H groups in total. The lowest BCUT2D eigenvalue weighted by Crippen LogP contribution is -2.44. The number of rotatable bonds is 5. The molecule has 1 aromatic heterocycles. The van der Waals surface area contributed by atoms with Gasteiger partial charge in [0.2, 0.25) is 5.91 Å². The van der Waals surface area contributed by atoms with Crippen molar-refractivity contribution in [2.24, 2.45) is 0 Å². The highest BCUT2D eigenvalue weighted by Crippen LogP contribution is 2.20. The summed E-state index contributed by atoms with van der Waals surface area (Å²) in [5, 5.41) is 3.58. The van der Waals surface area contributed by atoms with Crippen LogP contribution >= 0.6 is 0 Å². The number of benzene rings is 1. The molecular formula is C22H27N3O. The fourth-order valence-electron chi connectivity index (χ4n) is 3.23. The largest absolute Gasteiger partial charge is 0.381 e. The van der Waals surface area contributed by atoms with Gasteiger partial charge in [0.05, 0.1) is 5.69 Å². The number of amides is 1. The normalized spacial score (nSPS) is 17.7. The first kappa shape index (κ1) is 18.2. The van der Waals surface area contributed by atoms with Crippen LogP contribution in [0.2, 0.25) is 0 Å². The number of pyridine rings is 1. The summed E-state index contributed by atoms with van der Waals surface area (Å²) < 4.78 is 0. The van der Waals surface area contributed by atoms with E-state index in [0.717, 1.165) is 37.3 Å². The molecule has 0 spiro atoms. The van der Waals surface area contributed by atoms with E-state index in [1.54, 1.807) is 18.3 Å². The van der Waals surface area contributed by atoms with Crippen molar-refractivity contribution < 1.29 is 4.79 Å². The molecule has 0 saturated carbocycles. The molecule has 1 amide bonds. The van der Waals surface area contributed by atoms with Gasteiger partial charge in [-0.25, -0.2) is 0 Å². The number of piperidine rings is 1. The number of anilines is 1. The van der Waals surface area contributed by atoms with Gasteiger partial charge in [-0.2, -0.15) is 0 Å². The number of carbonyl (C=O) groups is 1. The van der Waals surface area contributed by atoms with Crippen molar-refractivity contribution in [2.75, 3.05) is 18.4 Å². The van der Waals surface area contributed by atoms with Gasteiger partial charge in [0, 0.05) is 37.1 Å². The molecular weight excluding hydrogens is 322 g/mol. The van der Waals surface area contributed by atoms with Gasteiger partial charge in [0.25, 0.3) is 0 Å². The van der Waals surface area contributed by atoms with Crippen molar-refractivity contribution in [3.8, 4) is 0 Å². The van der Waals surface area contributed by atoms with Gasteiger partial charge in [-0.15, -0.1) is 0 Å². The van der Waals surface area contributed by atoms with Crippen molar-refractivity contribution in [3.05, 3.63) is 66.0 Å². The summed E-state index contributed by atoms with van der Waals surface area (Å²) in [4.78, 5) is 18.6. The third-order valence-corrected chi connectivity index (χ3v) is 4.77. The number of hydrogen-bond donors (Lipinski definition) is 1. The quantitative estimate of drug-likeness (QED) is 0.818. The van der Waals surface area contributed by atoms with Crippen LogP contribution in [0, 0.1) is 0 Å². The number of hydrogen-bond acceptors (Lipinski definition) is 3. The zero-order chi connectivity index (χ0) is 18.4. The molecule has 1 saturated heterocycles. The summed E-state index contributed by atoms with van der Waals surface area (Å²) in [6.45, 7) is 5.95. The van der Waals surface area contributed by atoms with Gasteiger partial charge in [-0.05, 0) is 54.7 Å². The van der Waals surface area contributed by atoms with E-state index in [0.29, 0.717) is 12.0 Å². The third-order valence-electron chi connectivity index (χ3n) is 4.77. The minimum Gasteiger partial charge on any atom is -0.381 e. The molecule has 1 fully saturated rings. The van der Waals surface area contributed by atoms with Crippen LogP contribution in [-0.2, 0) is 4.79 Å². The average molecular weight is 349 g/mol. The molecule has 1 aliphatic rings. The van der Waals surface area contributed by atoms with Crippen LogP contribution in [0.4, 0.5) is 5.69 Å². The Bertz CT molecular complexity index is 738. The first-order chi connectivity index (χ1) is 12.6. The van der Waals surface area contributed by atoms with Crippen molar-refractivity contribution in [1.82, 2.24) is 9.88 Å². The molecule has 1 atom stereocenters. The summed E-state index contributed by atoms with van der Waals surface area (Å²) in [6, 6.07) is 14.6. The number of likely N-dealkylation sites (tertiary alicyclic amines) is 1. The summed E-state index contributed by atoms with van der Waals surface area (Å²) in [6.07, 6.45) is 7.24. The van der Waals surface area contributed by atoms with Gasteiger partial charge in [-0.1, -0.05) is 32.0 Å². The predicted octanol–water partition coefficient (Wildman–Crippen LogP) is 4.32. The van der Waals surface area contributed by atoms with Crippen LogP contribution in [0.3, 0.4) is 0 Å². The summed E-state index contributed by atoms with van der Waals surface area (Å²) in [7, 11) is 0. The third kappa shape index (κ3) is 4.94. The highest BCUT2D eigenvalue weighted by atomic mass is 16.2. The van der Waals surface area contributed by atoms with Crippen molar-refractivity contribution in [3.63, 3.8) is 0 Å². The molecule has 4 heteroatoms. The van der Waals surface area contributed by atoms with Crippen molar-refractivity contribution >= 4 is 17.7 Å². The number of nitrogens with one attached hydrogen (secondary N) is 1. The molecule has 2 aromatic rings. The van der Waals surface area contributed by atoms with Crippen molar-refractivity contribution in [1.29, 1.82) is 0 Å². The first-order valence-electron chi connectivity index (χ1n) is 9.36. The minimum atomic E-state index is 0.0531. The average Bonchev–Trinajstić information content (AvgIpc) is 2.67. The van der Waals surface area contributed by atoms with Gasteiger partial charge < -0.3 is 10.2 Å². The molecule has 4 nitrogen and oxygen atoms in total. The Hall–Kier alpha value is -2.62. The molecule has 136 valence electrons. The number of carbonyl (C=O) groups excluding carboxylic acids is 1. The first-order valence-corrected chi connectivity index (χ1v) is 9.36. The lowest BCUT2D eigenvalue weighted by molar-refractivity contribution is -0.126. The van der Waals surface area contributed by atoms with E-state index in [4.69, 9.17) is 0 Å². The van der Waals surface area contributed by atoms with E-state index < -0.39 is 0 Å². The molecule has 1 unspecified atom stereocenters. The van der Waals surface area contributed by atoms with Gasteiger partial charge >= 0.3 is 0 Å². The summed E-state index contributed by atoms with van der Waals surface area (Å²) in [5.41, 5.74) is 3.27. The molecule has 3 rings (SSSR count). The van der Waals surface area contributed by atoms with E-state index in [1.807, 2.05) is 23.1 Å². The molecule has 1 aromatic carbocycles. The maximum Gasteiger partial charge on any atom is 0.246 e. The number of aromatic nitrogens is 1. The van der Waals surface area contributed by atoms with Crippen LogP contribution in [0.5, 0.6) is 0 Å². The monoisotopic (exact) mass is 349 g/mol. The smallest absolute Gasteiger partial charge is 0.246 e. The fraction of sp³-hybridized carbons (Fsp3) is 0.364. The highest BCUT2D eigenvalue weighted by molar-refractivity contribution is 5.91. The van der Waals surface area contributed by atoms with Gasteiger partial charge in [0.15, 0.2) is 0 Å². The van der Waals surface area contributed by atoms with E-state index in [-0.39, 0.29) is 5.91 Å². The molecule has 0 bridgehead atoms. The lowest BCUT2D eigenvalue weighted by atomic mass is 10.0.